The van der Waals surface area contributed by atoms with Crippen molar-refractivity contribution in [2.24, 2.45) is 5.73 Å². The van der Waals surface area contributed by atoms with Crippen LogP contribution in [0.3, 0.4) is 0 Å². The number of amides is 1. The topological polar surface area (TPSA) is 64.4 Å². The minimum atomic E-state index is -0.757. The second-order valence-electron chi connectivity index (χ2n) is 4.39. The number of hydrogen-bond acceptors (Lipinski definition) is 3. The van der Waals surface area contributed by atoms with Crippen molar-refractivity contribution in [1.29, 1.82) is 0 Å². The summed E-state index contributed by atoms with van der Waals surface area (Å²) in [6.45, 7) is 4.34. The second kappa shape index (κ2) is 6.40. The highest BCUT2D eigenvalue weighted by Gasteiger charge is 2.29. The number of carbonyl (C=O) groups excluding carboxylic acids is 1. The Morgan fingerprint density at radius 1 is 1.28 bits per heavy atom. The Morgan fingerprint density at radius 3 is 2.28 bits per heavy atom. The molecule has 4 nitrogen and oxygen atoms in total. The molecule has 0 saturated carbocycles. The predicted octanol–water partition coefficient (Wildman–Crippen LogP) is 1.83. The first-order valence-electron chi connectivity index (χ1n) is 6.25. The second-order valence-corrected chi connectivity index (χ2v) is 4.39. The fourth-order valence-corrected chi connectivity index (χ4v) is 1.67. The Balaban J connectivity index is 2.56. The maximum Gasteiger partial charge on any atom is 0.240 e. The molecule has 1 aromatic carbocycles. The van der Waals surface area contributed by atoms with Gasteiger partial charge in [-0.25, -0.2) is 0 Å². The van der Waals surface area contributed by atoms with E-state index in [0.717, 1.165) is 11.3 Å². The van der Waals surface area contributed by atoms with Crippen molar-refractivity contribution in [2.75, 3.05) is 7.11 Å². The quantitative estimate of drug-likeness (QED) is 0.809. The van der Waals surface area contributed by atoms with Gasteiger partial charge in [-0.05, 0) is 30.5 Å². The zero-order chi connectivity index (χ0) is 13.6. The van der Waals surface area contributed by atoms with E-state index in [1.165, 1.54) is 0 Å². The lowest BCUT2D eigenvalue weighted by molar-refractivity contribution is -0.126. The van der Waals surface area contributed by atoms with Crippen LogP contribution in [-0.2, 0) is 11.3 Å². The third-order valence-corrected chi connectivity index (χ3v) is 3.33. The largest absolute Gasteiger partial charge is 0.497 e. The normalized spacial score (nSPS) is 11.1. The van der Waals surface area contributed by atoms with Gasteiger partial charge < -0.3 is 15.8 Å². The summed E-state index contributed by atoms with van der Waals surface area (Å²) in [5.41, 5.74) is 6.29. The van der Waals surface area contributed by atoms with E-state index < -0.39 is 5.54 Å². The van der Waals surface area contributed by atoms with Gasteiger partial charge in [0.15, 0.2) is 0 Å². The summed E-state index contributed by atoms with van der Waals surface area (Å²) in [4.78, 5) is 12.0. The van der Waals surface area contributed by atoms with Crippen LogP contribution in [0.1, 0.15) is 32.3 Å². The maximum atomic E-state index is 12.0. The molecule has 0 atom stereocenters. The predicted molar refractivity (Wildman–Crippen MR) is 72.3 cm³/mol. The van der Waals surface area contributed by atoms with Crippen LogP contribution >= 0.6 is 0 Å². The lowest BCUT2D eigenvalue weighted by Gasteiger charge is -2.25. The summed E-state index contributed by atoms with van der Waals surface area (Å²) in [6, 6.07) is 7.60. The SMILES string of the molecule is CCC(N)(CC)C(=O)NCc1ccc(OC)cc1. The minimum absolute atomic E-state index is 0.0941. The van der Waals surface area contributed by atoms with Gasteiger partial charge in [-0.3, -0.25) is 4.79 Å². The first-order valence-corrected chi connectivity index (χ1v) is 6.25. The number of hydrogen-bond donors (Lipinski definition) is 2. The van der Waals surface area contributed by atoms with Crippen molar-refractivity contribution in [3.8, 4) is 5.75 Å². The van der Waals surface area contributed by atoms with E-state index in [1.807, 2.05) is 38.1 Å². The number of nitrogens with one attached hydrogen (secondary N) is 1. The van der Waals surface area contributed by atoms with Crippen molar-refractivity contribution in [3.63, 3.8) is 0 Å². The number of ether oxygens (including phenoxy) is 1. The fourth-order valence-electron chi connectivity index (χ4n) is 1.67. The Labute approximate surface area is 109 Å². The van der Waals surface area contributed by atoms with E-state index in [9.17, 15) is 4.79 Å². The summed E-state index contributed by atoms with van der Waals surface area (Å²) >= 11 is 0. The molecule has 0 heterocycles. The van der Waals surface area contributed by atoms with E-state index in [2.05, 4.69) is 5.32 Å². The van der Waals surface area contributed by atoms with E-state index >= 15 is 0 Å². The number of benzene rings is 1. The highest BCUT2D eigenvalue weighted by atomic mass is 16.5. The minimum Gasteiger partial charge on any atom is -0.497 e. The first-order chi connectivity index (χ1) is 8.55. The molecule has 0 aliphatic carbocycles. The Bertz CT molecular complexity index is 383. The van der Waals surface area contributed by atoms with E-state index in [-0.39, 0.29) is 5.91 Å². The van der Waals surface area contributed by atoms with Gasteiger partial charge in [-0.15, -0.1) is 0 Å². The maximum absolute atomic E-state index is 12.0. The van der Waals surface area contributed by atoms with Gasteiger partial charge in [0.1, 0.15) is 5.75 Å². The summed E-state index contributed by atoms with van der Waals surface area (Å²) in [7, 11) is 1.63. The monoisotopic (exact) mass is 250 g/mol. The molecule has 0 spiro atoms. The lowest BCUT2D eigenvalue weighted by atomic mass is 9.93. The Morgan fingerprint density at radius 2 is 1.83 bits per heavy atom. The molecule has 100 valence electrons. The molecule has 0 fully saturated rings. The van der Waals surface area contributed by atoms with Crippen molar-refractivity contribution in [1.82, 2.24) is 5.32 Å². The van der Waals surface area contributed by atoms with E-state index in [1.54, 1.807) is 7.11 Å². The number of carbonyl (C=O) groups is 1. The van der Waals surface area contributed by atoms with Crippen molar-refractivity contribution in [3.05, 3.63) is 29.8 Å². The van der Waals surface area contributed by atoms with Crippen molar-refractivity contribution >= 4 is 5.91 Å². The zero-order valence-electron chi connectivity index (χ0n) is 11.3. The number of nitrogens with two attached hydrogens (primary N) is 1. The van der Waals surface area contributed by atoms with Crippen molar-refractivity contribution < 1.29 is 9.53 Å². The lowest BCUT2D eigenvalue weighted by Crippen LogP contribution is -2.52. The fraction of sp³-hybridized carbons (Fsp3) is 0.500. The van der Waals surface area contributed by atoms with Gasteiger partial charge in [0.25, 0.3) is 0 Å². The van der Waals surface area contributed by atoms with Crippen LogP contribution in [0, 0.1) is 0 Å². The van der Waals surface area contributed by atoms with Crippen LogP contribution in [0.2, 0.25) is 0 Å². The Hall–Kier alpha value is -1.55. The number of rotatable bonds is 6. The average Bonchev–Trinajstić information content (AvgIpc) is 2.44. The first kappa shape index (κ1) is 14.5. The molecular formula is C14H22N2O2. The van der Waals surface area contributed by atoms with Gasteiger partial charge in [-0.1, -0.05) is 26.0 Å². The highest BCUT2D eigenvalue weighted by molar-refractivity contribution is 5.85. The molecule has 0 aliphatic heterocycles. The summed E-state index contributed by atoms with van der Waals surface area (Å²) < 4.78 is 5.08. The standard InChI is InChI=1S/C14H22N2O2/c1-4-14(15,5-2)13(17)16-10-11-6-8-12(18-3)9-7-11/h6-9H,4-5,10,15H2,1-3H3,(H,16,17). The molecule has 0 unspecified atom stereocenters. The molecular weight excluding hydrogens is 228 g/mol. The van der Waals surface area contributed by atoms with Crippen LogP contribution in [0.4, 0.5) is 0 Å². The third kappa shape index (κ3) is 3.47. The smallest absolute Gasteiger partial charge is 0.240 e. The zero-order valence-corrected chi connectivity index (χ0v) is 11.3. The molecule has 1 amide bonds. The molecule has 0 aliphatic rings. The van der Waals surface area contributed by atoms with Crippen LogP contribution in [0.25, 0.3) is 0 Å². The van der Waals surface area contributed by atoms with Gasteiger partial charge in [0, 0.05) is 6.54 Å². The van der Waals surface area contributed by atoms with Gasteiger partial charge >= 0.3 is 0 Å². The van der Waals surface area contributed by atoms with Crippen LogP contribution < -0.4 is 15.8 Å². The third-order valence-electron chi connectivity index (χ3n) is 3.33. The Kier molecular flexibility index (Phi) is 5.16. The molecule has 1 rings (SSSR count). The molecule has 0 saturated heterocycles. The molecule has 4 heteroatoms. The molecule has 18 heavy (non-hydrogen) atoms. The summed E-state index contributed by atoms with van der Waals surface area (Å²) in [5.74, 6) is 0.712. The van der Waals surface area contributed by atoms with Crippen molar-refractivity contribution in [2.45, 2.75) is 38.8 Å². The molecule has 0 aromatic heterocycles. The average molecular weight is 250 g/mol. The van der Waals surface area contributed by atoms with Gasteiger partial charge in [-0.2, -0.15) is 0 Å². The molecule has 3 N–H and O–H groups in total. The van der Waals surface area contributed by atoms with Crippen LogP contribution in [0.15, 0.2) is 24.3 Å². The highest BCUT2D eigenvalue weighted by Crippen LogP contribution is 2.13. The van der Waals surface area contributed by atoms with Gasteiger partial charge in [0.2, 0.25) is 5.91 Å². The van der Waals surface area contributed by atoms with Crippen LogP contribution in [0.5, 0.6) is 5.75 Å². The van der Waals surface area contributed by atoms with Crippen LogP contribution in [-0.4, -0.2) is 18.6 Å². The summed E-state index contributed by atoms with van der Waals surface area (Å²) in [6.07, 6.45) is 1.27. The number of methoxy groups -OCH3 is 1. The molecule has 1 aromatic rings. The molecule has 0 bridgehead atoms. The van der Waals surface area contributed by atoms with E-state index in [0.29, 0.717) is 19.4 Å². The molecule has 0 radical (unpaired) electrons. The van der Waals surface area contributed by atoms with E-state index in [4.69, 9.17) is 10.5 Å². The summed E-state index contributed by atoms with van der Waals surface area (Å²) in [5, 5.41) is 2.87. The van der Waals surface area contributed by atoms with Gasteiger partial charge in [0.05, 0.1) is 12.6 Å².